The van der Waals surface area contributed by atoms with E-state index < -0.39 is 11.7 Å². The van der Waals surface area contributed by atoms with Crippen molar-refractivity contribution >= 4 is 29.3 Å². The molecule has 0 saturated heterocycles. The molecule has 3 N–H and O–H groups in total. The van der Waals surface area contributed by atoms with Crippen LogP contribution in [0.4, 0.5) is 8.78 Å². The number of halogens is 3. The maximum Gasteiger partial charge on any atom is 0.254 e. The number of carbonyl (C=O) groups is 1. The van der Waals surface area contributed by atoms with E-state index in [0.717, 1.165) is 36.3 Å². The van der Waals surface area contributed by atoms with Crippen LogP contribution >= 0.6 is 23.4 Å². The van der Waals surface area contributed by atoms with Gasteiger partial charge in [-0.15, -0.1) is 11.8 Å². The van der Waals surface area contributed by atoms with Crippen LogP contribution in [-0.2, 0) is 6.54 Å². The molecule has 2 fully saturated rings. The van der Waals surface area contributed by atoms with Crippen molar-refractivity contribution in [3.63, 3.8) is 0 Å². The molecule has 2 heterocycles. The molecule has 3 aliphatic rings. The predicted molar refractivity (Wildman–Crippen MR) is 147 cm³/mol. The number of benzene rings is 1. The second kappa shape index (κ2) is 10.6. The standard InChI is InChI=1S/C28H34ClF2N3O4S/c1-14-9-22(39-4)20(26(36)33-14)13-32-25(35)19-10-21(29)24-23(15(19)2)37-27(3,38-24)16-5-7-17(8-6-16)34-18-11-28(30,31)12-18/h9-10,16-18,34H,5-8,11-13H2,1-4H3,(H,32,35)(H,33,36)/t16-,17+,27?. The van der Waals surface area contributed by atoms with Crippen molar-refractivity contribution in [1.82, 2.24) is 15.6 Å². The number of hydrogen-bond donors (Lipinski definition) is 3. The van der Waals surface area contributed by atoms with Crippen molar-refractivity contribution in [1.29, 1.82) is 0 Å². The second-order valence-corrected chi connectivity index (χ2v) is 12.4. The van der Waals surface area contributed by atoms with E-state index in [0.29, 0.717) is 28.2 Å². The molecule has 1 aromatic heterocycles. The molecule has 2 aromatic rings. The lowest BCUT2D eigenvalue weighted by molar-refractivity contribution is -0.123. The Morgan fingerprint density at radius 2 is 1.79 bits per heavy atom. The quantitative estimate of drug-likeness (QED) is 0.362. The number of hydrogen-bond acceptors (Lipinski definition) is 6. The third-order valence-electron chi connectivity index (χ3n) is 8.20. The molecule has 1 atom stereocenters. The van der Waals surface area contributed by atoms with Crippen molar-refractivity contribution in [2.45, 2.75) is 94.5 Å². The highest BCUT2D eigenvalue weighted by atomic mass is 35.5. The number of aromatic amines is 1. The summed E-state index contributed by atoms with van der Waals surface area (Å²) in [5, 5.41) is 6.51. The number of carbonyl (C=O) groups excluding carboxylic acids is 1. The van der Waals surface area contributed by atoms with Crippen LogP contribution in [-0.4, -0.2) is 40.9 Å². The molecule has 2 saturated carbocycles. The number of ether oxygens (including phenoxy) is 2. The highest BCUT2D eigenvalue weighted by Crippen LogP contribution is 2.51. The Morgan fingerprint density at radius 3 is 2.44 bits per heavy atom. The molecule has 1 amide bonds. The van der Waals surface area contributed by atoms with Crippen LogP contribution in [0.2, 0.25) is 5.02 Å². The third kappa shape index (κ3) is 5.65. The summed E-state index contributed by atoms with van der Waals surface area (Å²) in [5.74, 6) is -2.88. The van der Waals surface area contributed by atoms with Gasteiger partial charge in [-0.1, -0.05) is 11.6 Å². The number of fused-ring (bicyclic) bond motifs is 1. The zero-order valence-electron chi connectivity index (χ0n) is 22.5. The normalized spacial score (nSPS) is 25.8. The van der Waals surface area contributed by atoms with Crippen LogP contribution in [0, 0.1) is 19.8 Å². The maximum absolute atomic E-state index is 13.2. The minimum absolute atomic E-state index is 0.0730. The monoisotopic (exact) mass is 581 g/mol. The lowest BCUT2D eigenvalue weighted by atomic mass is 9.79. The molecule has 0 radical (unpaired) electrons. The summed E-state index contributed by atoms with van der Waals surface area (Å²) in [6, 6.07) is 3.56. The van der Waals surface area contributed by atoms with Gasteiger partial charge < -0.3 is 25.1 Å². The van der Waals surface area contributed by atoms with E-state index in [1.165, 1.54) is 11.8 Å². The van der Waals surface area contributed by atoms with E-state index in [2.05, 4.69) is 15.6 Å². The summed E-state index contributed by atoms with van der Waals surface area (Å²) in [6.07, 6.45) is 5.05. The summed E-state index contributed by atoms with van der Waals surface area (Å²) < 4.78 is 39.0. The number of alkyl halides is 2. The predicted octanol–water partition coefficient (Wildman–Crippen LogP) is 5.73. The largest absolute Gasteiger partial charge is 0.448 e. The van der Waals surface area contributed by atoms with Gasteiger partial charge in [-0.2, -0.15) is 0 Å². The fraction of sp³-hybridized carbons (Fsp3) is 0.571. The summed E-state index contributed by atoms with van der Waals surface area (Å²) in [5.41, 5.74) is 1.99. The highest BCUT2D eigenvalue weighted by molar-refractivity contribution is 7.98. The number of amides is 1. The number of aryl methyl sites for hydroxylation is 1. The van der Waals surface area contributed by atoms with E-state index in [9.17, 15) is 18.4 Å². The van der Waals surface area contributed by atoms with Gasteiger partial charge in [0.05, 0.1) is 5.02 Å². The molecule has 2 aliphatic carbocycles. The van der Waals surface area contributed by atoms with E-state index in [1.54, 1.807) is 13.0 Å². The molecule has 0 bridgehead atoms. The summed E-state index contributed by atoms with van der Waals surface area (Å²) in [7, 11) is 0. The third-order valence-corrected chi connectivity index (χ3v) is 9.28. The minimum atomic E-state index is -2.53. The Balaban J connectivity index is 1.25. The van der Waals surface area contributed by atoms with Crippen LogP contribution in [0.5, 0.6) is 11.5 Å². The first-order chi connectivity index (χ1) is 18.4. The molecule has 7 nitrogen and oxygen atoms in total. The van der Waals surface area contributed by atoms with Gasteiger partial charge in [0, 0.05) is 71.6 Å². The van der Waals surface area contributed by atoms with Crippen LogP contribution in [0.25, 0.3) is 0 Å². The molecule has 5 rings (SSSR count). The number of aromatic nitrogens is 1. The fourth-order valence-corrected chi connectivity index (χ4v) is 6.88. The molecule has 0 spiro atoms. The van der Waals surface area contributed by atoms with Gasteiger partial charge >= 0.3 is 0 Å². The number of rotatable bonds is 7. The smallest absolute Gasteiger partial charge is 0.254 e. The molecule has 1 aliphatic heterocycles. The Hall–Kier alpha value is -2.30. The minimum Gasteiger partial charge on any atom is -0.448 e. The molecule has 212 valence electrons. The Bertz CT molecular complexity index is 1340. The van der Waals surface area contributed by atoms with Gasteiger partial charge in [0.1, 0.15) is 0 Å². The zero-order valence-corrected chi connectivity index (χ0v) is 24.1. The van der Waals surface area contributed by atoms with Crippen molar-refractivity contribution in [2.75, 3.05) is 6.26 Å². The Labute approximate surface area is 235 Å². The molecule has 1 unspecified atom stereocenters. The Kier molecular flexibility index (Phi) is 7.67. The summed E-state index contributed by atoms with van der Waals surface area (Å²) >= 11 is 8.03. The lowest BCUT2D eigenvalue weighted by Gasteiger charge is -2.41. The van der Waals surface area contributed by atoms with Crippen LogP contribution in [0.15, 0.2) is 21.8 Å². The van der Waals surface area contributed by atoms with E-state index >= 15 is 0 Å². The Morgan fingerprint density at radius 1 is 1.13 bits per heavy atom. The second-order valence-electron chi connectivity index (χ2n) is 11.1. The maximum atomic E-state index is 13.2. The van der Waals surface area contributed by atoms with Crippen LogP contribution in [0.1, 0.15) is 72.6 Å². The van der Waals surface area contributed by atoms with Crippen molar-refractivity contribution < 1.29 is 23.0 Å². The lowest BCUT2D eigenvalue weighted by Crippen LogP contribution is -2.53. The first kappa shape index (κ1) is 28.2. The first-order valence-electron chi connectivity index (χ1n) is 13.3. The van der Waals surface area contributed by atoms with E-state index in [1.807, 2.05) is 26.2 Å². The highest BCUT2D eigenvalue weighted by Gasteiger charge is 2.49. The topological polar surface area (TPSA) is 92.5 Å². The summed E-state index contributed by atoms with van der Waals surface area (Å²) in [4.78, 5) is 29.2. The van der Waals surface area contributed by atoms with Gasteiger partial charge in [0.2, 0.25) is 0 Å². The van der Waals surface area contributed by atoms with Gasteiger partial charge in [0.15, 0.2) is 11.5 Å². The number of thioether (sulfide) groups is 1. The van der Waals surface area contributed by atoms with E-state index in [-0.39, 0.29) is 53.9 Å². The number of H-pyrrole nitrogens is 1. The first-order valence-corrected chi connectivity index (χ1v) is 14.9. The van der Waals surface area contributed by atoms with Crippen molar-refractivity contribution in [2.24, 2.45) is 5.92 Å². The van der Waals surface area contributed by atoms with Gasteiger partial charge in [-0.3, -0.25) is 9.59 Å². The van der Waals surface area contributed by atoms with Crippen LogP contribution < -0.4 is 25.7 Å². The number of nitrogens with one attached hydrogen (secondary N) is 3. The van der Waals surface area contributed by atoms with Gasteiger partial charge in [-0.25, -0.2) is 8.78 Å². The average molecular weight is 582 g/mol. The SMILES string of the molecule is CSc1cc(C)[nH]c(=O)c1CNC(=O)c1cc(Cl)c2c(c1C)OC(C)([C@H]1CC[C@@H](NC3CC(F)(F)C3)CC1)O2. The molecular weight excluding hydrogens is 548 g/mol. The van der Waals surface area contributed by atoms with Crippen molar-refractivity contribution in [3.8, 4) is 11.5 Å². The van der Waals surface area contributed by atoms with Crippen LogP contribution in [0.3, 0.4) is 0 Å². The molecule has 39 heavy (non-hydrogen) atoms. The average Bonchev–Trinajstić information content (AvgIpc) is 3.24. The molecule has 1 aromatic carbocycles. The molecule has 11 heteroatoms. The van der Waals surface area contributed by atoms with E-state index in [4.69, 9.17) is 21.1 Å². The molecular formula is C28H34ClF2N3O4S. The number of pyridine rings is 1. The fourth-order valence-electron chi connectivity index (χ4n) is 5.94. The van der Waals surface area contributed by atoms with Gasteiger partial charge in [-0.05, 0) is 57.9 Å². The zero-order chi connectivity index (χ0) is 28.1. The van der Waals surface area contributed by atoms with Crippen molar-refractivity contribution in [3.05, 3.63) is 49.9 Å². The summed E-state index contributed by atoms with van der Waals surface area (Å²) in [6.45, 7) is 5.57. The van der Waals surface area contributed by atoms with Gasteiger partial charge in [0.25, 0.3) is 23.2 Å².